The smallest absolute Gasteiger partial charge is 0.261 e. The van der Waals surface area contributed by atoms with Gasteiger partial charge in [-0.2, -0.15) is 0 Å². The topological polar surface area (TPSA) is 61.0 Å². The summed E-state index contributed by atoms with van der Waals surface area (Å²) in [5.74, 6) is -2.71. The van der Waals surface area contributed by atoms with E-state index < -0.39 is 5.92 Å². The Morgan fingerprint density at radius 1 is 1.27 bits per heavy atom. The molecule has 1 aliphatic rings. The molecule has 30 heavy (non-hydrogen) atoms. The summed E-state index contributed by atoms with van der Waals surface area (Å²) in [4.78, 5) is 22.0. The fraction of sp³-hybridized carbons (Fsp3) is 0.391. The van der Waals surface area contributed by atoms with Gasteiger partial charge in [0, 0.05) is 60.1 Å². The monoisotopic (exact) mass is 412 g/mol. The Morgan fingerprint density at radius 2 is 2.07 bits per heavy atom. The van der Waals surface area contributed by atoms with Gasteiger partial charge in [0.15, 0.2) is 0 Å². The van der Waals surface area contributed by atoms with Crippen molar-refractivity contribution in [2.24, 2.45) is 0 Å². The molecule has 3 heterocycles. The van der Waals surface area contributed by atoms with Gasteiger partial charge in [-0.25, -0.2) is 8.78 Å². The lowest BCUT2D eigenvalue weighted by Gasteiger charge is -2.15. The minimum Gasteiger partial charge on any atom is -0.358 e. The number of aryl methyl sites for hydroxylation is 1. The quantitative estimate of drug-likeness (QED) is 0.648. The van der Waals surface area contributed by atoms with Gasteiger partial charge in [-0.15, -0.1) is 0 Å². The number of likely N-dealkylation sites (tertiary alicyclic amines) is 1. The minimum atomic E-state index is -2.60. The molecule has 158 valence electrons. The van der Waals surface area contributed by atoms with E-state index in [-0.39, 0.29) is 24.9 Å². The van der Waals surface area contributed by atoms with Crippen LogP contribution >= 0.6 is 0 Å². The fourth-order valence-corrected chi connectivity index (χ4v) is 4.07. The normalized spacial score (nSPS) is 16.5. The van der Waals surface area contributed by atoms with E-state index in [0.29, 0.717) is 18.7 Å². The number of fused-ring (bicyclic) bond motifs is 1. The summed E-state index contributed by atoms with van der Waals surface area (Å²) in [6.45, 7) is 6.38. The number of benzene rings is 1. The zero-order valence-electron chi connectivity index (χ0n) is 17.4. The second-order valence-electron chi connectivity index (χ2n) is 8.41. The number of pyridine rings is 1. The summed E-state index contributed by atoms with van der Waals surface area (Å²) in [5.41, 5.74) is 5.09. The summed E-state index contributed by atoms with van der Waals surface area (Å²) < 4.78 is 27.0. The third-order valence-corrected chi connectivity index (χ3v) is 5.42. The molecule has 3 aromatic rings. The number of rotatable bonds is 5. The Hall–Kier alpha value is -2.80. The van der Waals surface area contributed by atoms with E-state index in [1.165, 1.54) is 0 Å². The molecule has 0 aliphatic carbocycles. The molecule has 0 bridgehead atoms. The highest BCUT2D eigenvalue weighted by molar-refractivity contribution is 6.09. The third-order valence-electron chi connectivity index (χ3n) is 5.42. The van der Waals surface area contributed by atoms with Crippen LogP contribution in [0.25, 0.3) is 22.0 Å². The van der Waals surface area contributed by atoms with Gasteiger partial charge in [-0.1, -0.05) is 6.07 Å². The minimum absolute atomic E-state index is 0.0453. The Kier molecular flexibility index (Phi) is 5.32. The van der Waals surface area contributed by atoms with Crippen molar-refractivity contribution < 1.29 is 13.6 Å². The number of amides is 1. The van der Waals surface area contributed by atoms with Gasteiger partial charge in [-0.05, 0) is 50.1 Å². The summed E-state index contributed by atoms with van der Waals surface area (Å²) in [6.07, 6.45) is 3.39. The molecule has 1 aromatic carbocycles. The predicted octanol–water partition coefficient (Wildman–Crippen LogP) is 4.52. The number of carbonyl (C=O) groups excluding carboxylic acids is 1. The predicted molar refractivity (Wildman–Crippen MR) is 114 cm³/mol. The van der Waals surface area contributed by atoms with Gasteiger partial charge in [0.2, 0.25) is 0 Å². The maximum atomic E-state index is 13.5. The number of carbonyl (C=O) groups is 1. The van der Waals surface area contributed by atoms with Crippen molar-refractivity contribution >= 4 is 16.8 Å². The van der Waals surface area contributed by atoms with Crippen molar-refractivity contribution in [1.82, 2.24) is 20.2 Å². The molecule has 0 unspecified atom stereocenters. The second-order valence-corrected chi connectivity index (χ2v) is 8.41. The number of hydrogen-bond acceptors (Lipinski definition) is 3. The fourth-order valence-electron chi connectivity index (χ4n) is 4.07. The highest BCUT2D eigenvalue weighted by Crippen LogP contribution is 2.30. The molecule has 0 saturated carbocycles. The molecule has 4 rings (SSSR count). The first-order valence-electron chi connectivity index (χ1n) is 10.2. The molecule has 2 aromatic heterocycles. The number of nitrogens with zero attached hydrogens (tertiary/aromatic N) is 2. The van der Waals surface area contributed by atoms with Crippen LogP contribution < -0.4 is 5.32 Å². The van der Waals surface area contributed by atoms with E-state index in [0.717, 1.165) is 33.3 Å². The number of hydrogen-bond donors (Lipinski definition) is 2. The van der Waals surface area contributed by atoms with Crippen LogP contribution in [0.5, 0.6) is 0 Å². The first-order valence-corrected chi connectivity index (χ1v) is 10.2. The molecule has 5 nitrogen and oxygen atoms in total. The average Bonchev–Trinajstić information content (AvgIpc) is 3.18. The molecule has 0 spiro atoms. The van der Waals surface area contributed by atoms with Gasteiger partial charge in [0.25, 0.3) is 11.8 Å². The maximum absolute atomic E-state index is 13.5. The van der Waals surface area contributed by atoms with Crippen LogP contribution in [-0.4, -0.2) is 45.8 Å². The van der Waals surface area contributed by atoms with Crippen molar-refractivity contribution in [2.45, 2.75) is 45.7 Å². The average molecular weight is 412 g/mol. The number of alkyl halides is 2. The molecule has 1 saturated heterocycles. The van der Waals surface area contributed by atoms with Crippen LogP contribution in [0.2, 0.25) is 0 Å². The van der Waals surface area contributed by atoms with E-state index in [4.69, 9.17) is 0 Å². The Morgan fingerprint density at radius 3 is 2.77 bits per heavy atom. The van der Waals surface area contributed by atoms with Crippen LogP contribution in [0.3, 0.4) is 0 Å². The second kappa shape index (κ2) is 7.80. The lowest BCUT2D eigenvalue weighted by atomic mass is 10.0. The zero-order valence-corrected chi connectivity index (χ0v) is 17.4. The van der Waals surface area contributed by atoms with Gasteiger partial charge in [-0.3, -0.25) is 14.7 Å². The van der Waals surface area contributed by atoms with Gasteiger partial charge >= 0.3 is 0 Å². The van der Waals surface area contributed by atoms with Crippen LogP contribution in [-0.2, 0) is 6.54 Å². The van der Waals surface area contributed by atoms with E-state index in [9.17, 15) is 13.6 Å². The first-order chi connectivity index (χ1) is 14.2. The van der Waals surface area contributed by atoms with Crippen molar-refractivity contribution in [3.8, 4) is 11.1 Å². The van der Waals surface area contributed by atoms with Gasteiger partial charge in [0.05, 0.1) is 12.1 Å². The molecule has 0 radical (unpaired) electrons. The zero-order chi connectivity index (χ0) is 21.5. The van der Waals surface area contributed by atoms with Crippen LogP contribution in [0, 0.1) is 6.92 Å². The molecule has 1 amide bonds. The van der Waals surface area contributed by atoms with E-state index in [1.54, 1.807) is 17.3 Å². The first kappa shape index (κ1) is 20.5. The van der Waals surface area contributed by atoms with Gasteiger partial charge < -0.3 is 10.3 Å². The highest BCUT2D eigenvalue weighted by Gasteiger charge is 2.37. The molecule has 2 N–H and O–H groups in total. The van der Waals surface area contributed by atoms with Gasteiger partial charge in [0.1, 0.15) is 0 Å². The molecule has 1 aliphatic heterocycles. The molecular formula is C23H26F2N4O. The summed E-state index contributed by atoms with van der Waals surface area (Å²) in [7, 11) is 0. The standard InChI is InChI=1S/C23H26F2N4O/c1-14(2)27-22(30)21-15(3)28-20-5-4-17(9-19(20)21)18-8-16(10-26-11-18)12-29-7-6-23(24,25)13-29/h4-5,8-11,14,28H,6-7,12-13H2,1-3H3,(H,27,30). The van der Waals surface area contributed by atoms with E-state index in [1.807, 2.05) is 45.0 Å². The van der Waals surface area contributed by atoms with E-state index in [2.05, 4.69) is 15.3 Å². The lowest BCUT2D eigenvalue weighted by Crippen LogP contribution is -2.30. The molecular weight excluding hydrogens is 386 g/mol. The number of nitrogens with one attached hydrogen (secondary N) is 2. The summed E-state index contributed by atoms with van der Waals surface area (Å²) in [6, 6.07) is 7.95. The van der Waals surface area contributed by atoms with Crippen LogP contribution in [0.4, 0.5) is 8.78 Å². The molecule has 0 atom stereocenters. The maximum Gasteiger partial charge on any atom is 0.261 e. The van der Waals surface area contributed by atoms with Crippen molar-refractivity contribution in [2.75, 3.05) is 13.1 Å². The summed E-state index contributed by atoms with van der Waals surface area (Å²) in [5, 5.41) is 3.81. The Labute approximate surface area is 174 Å². The SMILES string of the molecule is Cc1[nH]c2ccc(-c3cncc(CN4CCC(F)(F)C4)c3)cc2c1C(=O)NC(C)C. The van der Waals surface area contributed by atoms with Crippen molar-refractivity contribution in [3.63, 3.8) is 0 Å². The summed E-state index contributed by atoms with van der Waals surface area (Å²) >= 11 is 0. The number of aromatic nitrogens is 2. The van der Waals surface area contributed by atoms with Crippen molar-refractivity contribution in [3.05, 3.63) is 53.5 Å². The Bertz CT molecular complexity index is 1090. The van der Waals surface area contributed by atoms with Crippen molar-refractivity contribution in [1.29, 1.82) is 0 Å². The number of aromatic amines is 1. The van der Waals surface area contributed by atoms with Crippen LogP contribution in [0.1, 0.15) is 41.9 Å². The Balaban J connectivity index is 1.64. The van der Waals surface area contributed by atoms with Crippen LogP contribution in [0.15, 0.2) is 36.7 Å². The molecule has 1 fully saturated rings. The number of halogens is 2. The molecule has 7 heteroatoms. The number of H-pyrrole nitrogens is 1. The largest absolute Gasteiger partial charge is 0.358 e. The lowest BCUT2D eigenvalue weighted by molar-refractivity contribution is 0.0115. The highest BCUT2D eigenvalue weighted by atomic mass is 19.3. The van der Waals surface area contributed by atoms with E-state index >= 15 is 0 Å². The third kappa shape index (κ3) is 4.21.